The molecule has 0 amide bonds. The van der Waals surface area contributed by atoms with Crippen molar-refractivity contribution in [2.24, 2.45) is 5.73 Å². The fraction of sp³-hybridized carbons (Fsp3) is 0.438. The monoisotopic (exact) mass is 257 g/mol. The molecule has 102 valence electrons. The number of pyridine rings is 1. The second-order valence-electron chi connectivity index (χ2n) is 5.23. The highest BCUT2D eigenvalue weighted by Gasteiger charge is 2.14. The van der Waals surface area contributed by atoms with Crippen LogP contribution in [-0.2, 0) is 0 Å². The van der Waals surface area contributed by atoms with Crippen LogP contribution in [0.2, 0.25) is 0 Å². The molecule has 0 fully saturated rings. The van der Waals surface area contributed by atoms with Crippen molar-refractivity contribution in [3.05, 3.63) is 36.0 Å². The minimum atomic E-state index is 0.455. The lowest BCUT2D eigenvalue weighted by Crippen LogP contribution is -2.33. The molecule has 0 radical (unpaired) electrons. The number of fused-ring (bicyclic) bond motifs is 1. The van der Waals surface area contributed by atoms with Crippen LogP contribution < -0.4 is 10.6 Å². The maximum Gasteiger partial charge on any atom is 0.0726 e. The van der Waals surface area contributed by atoms with Gasteiger partial charge in [0, 0.05) is 29.4 Å². The van der Waals surface area contributed by atoms with E-state index in [0.717, 1.165) is 30.7 Å². The topological polar surface area (TPSA) is 42.1 Å². The Kier molecular flexibility index (Phi) is 4.38. The summed E-state index contributed by atoms with van der Waals surface area (Å²) < 4.78 is 0. The maximum atomic E-state index is 5.66. The summed E-state index contributed by atoms with van der Waals surface area (Å²) in [6.45, 7) is 8.21. The molecule has 0 atom stereocenters. The Morgan fingerprint density at radius 2 is 2.00 bits per heavy atom. The first kappa shape index (κ1) is 13.8. The molecule has 1 aromatic heterocycles. The summed E-state index contributed by atoms with van der Waals surface area (Å²) in [7, 11) is 0. The molecule has 0 bridgehead atoms. The number of nitrogens with two attached hydrogens (primary N) is 1. The van der Waals surface area contributed by atoms with Gasteiger partial charge in [-0.25, -0.2) is 0 Å². The molecule has 0 saturated carbocycles. The van der Waals surface area contributed by atoms with Gasteiger partial charge in [-0.15, -0.1) is 0 Å². The Morgan fingerprint density at radius 3 is 2.68 bits per heavy atom. The van der Waals surface area contributed by atoms with Gasteiger partial charge in [-0.3, -0.25) is 4.98 Å². The van der Waals surface area contributed by atoms with Crippen molar-refractivity contribution in [3.63, 3.8) is 0 Å². The van der Waals surface area contributed by atoms with Crippen LogP contribution in [-0.4, -0.2) is 24.1 Å². The average Bonchev–Trinajstić information content (AvgIpc) is 2.38. The van der Waals surface area contributed by atoms with Gasteiger partial charge in [0.1, 0.15) is 0 Å². The Bertz CT molecular complexity index is 549. The zero-order valence-corrected chi connectivity index (χ0v) is 12.1. The number of aromatic nitrogens is 1. The average molecular weight is 257 g/mol. The van der Waals surface area contributed by atoms with E-state index in [1.165, 1.54) is 11.1 Å². The quantitative estimate of drug-likeness (QED) is 0.895. The molecule has 19 heavy (non-hydrogen) atoms. The summed E-state index contributed by atoms with van der Waals surface area (Å²) in [6.07, 6.45) is 1.01. The Balaban J connectivity index is 2.51. The maximum absolute atomic E-state index is 5.66. The van der Waals surface area contributed by atoms with Gasteiger partial charge in [0.15, 0.2) is 0 Å². The number of rotatable bonds is 5. The SMILES string of the molecule is Cc1cc(N(CCCN)C(C)C)c2ccccc2n1. The van der Waals surface area contributed by atoms with E-state index in [4.69, 9.17) is 5.73 Å². The Labute approximate surface area is 115 Å². The van der Waals surface area contributed by atoms with Crippen molar-refractivity contribution < 1.29 is 0 Å². The molecule has 3 heteroatoms. The first-order valence-corrected chi connectivity index (χ1v) is 6.96. The molecule has 2 aromatic rings. The van der Waals surface area contributed by atoms with Crippen molar-refractivity contribution >= 4 is 16.6 Å². The van der Waals surface area contributed by atoms with Crippen LogP contribution in [0.3, 0.4) is 0 Å². The molecule has 0 unspecified atom stereocenters. The van der Waals surface area contributed by atoms with Gasteiger partial charge in [-0.05, 0) is 45.9 Å². The van der Waals surface area contributed by atoms with Crippen molar-refractivity contribution in [1.29, 1.82) is 0 Å². The number of para-hydroxylation sites is 1. The van der Waals surface area contributed by atoms with E-state index in [1.54, 1.807) is 0 Å². The largest absolute Gasteiger partial charge is 0.368 e. The van der Waals surface area contributed by atoms with Crippen LogP contribution in [0, 0.1) is 6.92 Å². The van der Waals surface area contributed by atoms with Gasteiger partial charge >= 0.3 is 0 Å². The molecule has 0 saturated heterocycles. The van der Waals surface area contributed by atoms with Crippen molar-refractivity contribution in [2.45, 2.75) is 33.2 Å². The molecule has 2 N–H and O–H groups in total. The van der Waals surface area contributed by atoms with Crippen molar-refractivity contribution in [2.75, 3.05) is 18.0 Å². The number of aryl methyl sites for hydroxylation is 1. The molecule has 0 aliphatic rings. The van der Waals surface area contributed by atoms with E-state index in [1.807, 2.05) is 6.07 Å². The van der Waals surface area contributed by atoms with Gasteiger partial charge in [-0.2, -0.15) is 0 Å². The molecule has 0 aliphatic heterocycles. The highest BCUT2D eigenvalue weighted by atomic mass is 15.2. The van der Waals surface area contributed by atoms with Crippen LogP contribution >= 0.6 is 0 Å². The minimum Gasteiger partial charge on any atom is -0.368 e. The van der Waals surface area contributed by atoms with Crippen LogP contribution in [0.25, 0.3) is 10.9 Å². The first-order chi connectivity index (χ1) is 9.13. The van der Waals surface area contributed by atoms with Crippen LogP contribution in [0.1, 0.15) is 26.0 Å². The van der Waals surface area contributed by atoms with Crippen LogP contribution in [0.4, 0.5) is 5.69 Å². The summed E-state index contributed by atoms with van der Waals surface area (Å²) >= 11 is 0. The lowest BCUT2D eigenvalue weighted by molar-refractivity contribution is 0.658. The molecular formula is C16H23N3. The molecule has 1 heterocycles. The van der Waals surface area contributed by atoms with E-state index in [-0.39, 0.29) is 0 Å². The fourth-order valence-electron chi connectivity index (χ4n) is 2.44. The third-order valence-electron chi connectivity index (χ3n) is 3.36. The molecular weight excluding hydrogens is 234 g/mol. The first-order valence-electron chi connectivity index (χ1n) is 6.96. The molecule has 1 aromatic carbocycles. The highest BCUT2D eigenvalue weighted by Crippen LogP contribution is 2.28. The van der Waals surface area contributed by atoms with Gasteiger partial charge in [-0.1, -0.05) is 18.2 Å². The van der Waals surface area contributed by atoms with Gasteiger partial charge < -0.3 is 10.6 Å². The van der Waals surface area contributed by atoms with Gasteiger partial charge in [0.25, 0.3) is 0 Å². The van der Waals surface area contributed by atoms with Crippen LogP contribution in [0.5, 0.6) is 0 Å². The number of nitrogens with zero attached hydrogens (tertiary/aromatic N) is 2. The van der Waals surface area contributed by atoms with E-state index >= 15 is 0 Å². The minimum absolute atomic E-state index is 0.455. The number of hydrogen-bond acceptors (Lipinski definition) is 3. The van der Waals surface area contributed by atoms with Gasteiger partial charge in [0.05, 0.1) is 5.52 Å². The van der Waals surface area contributed by atoms with E-state index in [2.05, 4.69) is 54.9 Å². The fourth-order valence-corrected chi connectivity index (χ4v) is 2.44. The second kappa shape index (κ2) is 6.02. The zero-order valence-electron chi connectivity index (χ0n) is 12.1. The van der Waals surface area contributed by atoms with Crippen molar-refractivity contribution in [3.8, 4) is 0 Å². The second-order valence-corrected chi connectivity index (χ2v) is 5.23. The third-order valence-corrected chi connectivity index (χ3v) is 3.36. The van der Waals surface area contributed by atoms with Crippen molar-refractivity contribution in [1.82, 2.24) is 4.98 Å². The highest BCUT2D eigenvalue weighted by molar-refractivity contribution is 5.92. The summed E-state index contributed by atoms with van der Waals surface area (Å²) in [4.78, 5) is 7.03. The predicted octanol–water partition coefficient (Wildman–Crippen LogP) is 3.11. The summed E-state index contributed by atoms with van der Waals surface area (Å²) in [5, 5.41) is 1.22. The number of anilines is 1. The summed E-state index contributed by atoms with van der Waals surface area (Å²) in [6, 6.07) is 11.0. The lowest BCUT2D eigenvalue weighted by atomic mass is 10.1. The molecule has 0 aliphatic carbocycles. The summed E-state index contributed by atoms with van der Waals surface area (Å²) in [5.74, 6) is 0. The smallest absolute Gasteiger partial charge is 0.0726 e. The third kappa shape index (κ3) is 3.04. The molecule has 0 spiro atoms. The number of hydrogen-bond donors (Lipinski definition) is 1. The Morgan fingerprint density at radius 1 is 1.26 bits per heavy atom. The summed E-state index contributed by atoms with van der Waals surface area (Å²) in [5.41, 5.74) is 9.06. The standard InChI is InChI=1S/C16H23N3/c1-12(2)19(10-6-9-17)16-11-13(3)18-15-8-5-4-7-14(15)16/h4-5,7-8,11-12H,6,9-10,17H2,1-3H3. The lowest BCUT2D eigenvalue weighted by Gasteiger charge is -2.30. The number of benzene rings is 1. The Hall–Kier alpha value is -1.61. The normalized spacial score (nSPS) is 11.2. The zero-order chi connectivity index (χ0) is 13.8. The van der Waals surface area contributed by atoms with E-state index in [9.17, 15) is 0 Å². The predicted molar refractivity (Wildman–Crippen MR) is 82.6 cm³/mol. The van der Waals surface area contributed by atoms with Gasteiger partial charge in [0.2, 0.25) is 0 Å². The van der Waals surface area contributed by atoms with Crippen LogP contribution in [0.15, 0.2) is 30.3 Å². The van der Waals surface area contributed by atoms with E-state index in [0.29, 0.717) is 6.04 Å². The molecule has 2 rings (SSSR count). The van der Waals surface area contributed by atoms with E-state index < -0.39 is 0 Å². The molecule has 3 nitrogen and oxygen atoms in total.